The summed E-state index contributed by atoms with van der Waals surface area (Å²) in [4.78, 5) is 24.4. The van der Waals surface area contributed by atoms with Crippen molar-refractivity contribution in [1.29, 1.82) is 0 Å². The number of carbonyl (C=O) groups is 2. The maximum absolute atomic E-state index is 12.3. The second kappa shape index (κ2) is 7.11. The third-order valence-corrected chi connectivity index (χ3v) is 3.33. The van der Waals surface area contributed by atoms with Gasteiger partial charge in [-0.25, -0.2) is 0 Å². The van der Waals surface area contributed by atoms with E-state index in [0.717, 1.165) is 5.39 Å². The fourth-order valence-corrected chi connectivity index (χ4v) is 2.32. The summed E-state index contributed by atoms with van der Waals surface area (Å²) in [5.74, 6) is -0.0170. The monoisotopic (exact) mass is 302 g/mol. The Kier molecular flexibility index (Phi) is 5.20. The predicted octanol–water partition coefficient (Wildman–Crippen LogP) is 2.71. The number of hydrogen-bond donors (Lipinski definition) is 2. The summed E-state index contributed by atoms with van der Waals surface area (Å²) < 4.78 is 5.53. The first-order chi connectivity index (χ1) is 10.5. The lowest BCUT2D eigenvalue weighted by Gasteiger charge is -2.19. The normalized spacial score (nSPS) is 12.4. The van der Waals surface area contributed by atoms with Gasteiger partial charge < -0.3 is 15.1 Å². The fourth-order valence-electron chi connectivity index (χ4n) is 2.32. The molecule has 2 aromatic rings. The van der Waals surface area contributed by atoms with E-state index in [-0.39, 0.29) is 17.6 Å². The van der Waals surface area contributed by atoms with Gasteiger partial charge in [0, 0.05) is 11.9 Å². The van der Waals surface area contributed by atoms with Crippen LogP contribution in [0.25, 0.3) is 11.0 Å². The highest BCUT2D eigenvalue weighted by Crippen LogP contribution is 2.19. The second-order valence-corrected chi connectivity index (χ2v) is 5.70. The van der Waals surface area contributed by atoms with E-state index in [1.54, 1.807) is 6.07 Å². The molecule has 5 heteroatoms. The molecule has 0 aliphatic rings. The SMILES string of the molecule is CCNC(=O)[C@H](CC(C)C)NC(=O)c1cc2ccccc2o1. The summed E-state index contributed by atoms with van der Waals surface area (Å²) in [6.45, 7) is 6.42. The van der Waals surface area contributed by atoms with E-state index < -0.39 is 6.04 Å². The summed E-state index contributed by atoms with van der Waals surface area (Å²) in [6, 6.07) is 8.56. The van der Waals surface area contributed by atoms with E-state index >= 15 is 0 Å². The summed E-state index contributed by atoms with van der Waals surface area (Å²) in [6.07, 6.45) is 0.581. The van der Waals surface area contributed by atoms with E-state index in [1.165, 1.54) is 0 Å². The van der Waals surface area contributed by atoms with Crippen molar-refractivity contribution in [2.75, 3.05) is 6.54 Å². The molecule has 0 saturated carbocycles. The standard InChI is InChI=1S/C17H22N2O3/c1-4-18-16(20)13(9-11(2)3)19-17(21)15-10-12-7-5-6-8-14(12)22-15/h5-8,10-11,13H,4,9H2,1-3H3,(H,18,20)(H,19,21)/t13-/m0/s1. The van der Waals surface area contributed by atoms with Crippen LogP contribution in [0.15, 0.2) is 34.7 Å². The van der Waals surface area contributed by atoms with Crippen LogP contribution in [-0.2, 0) is 4.79 Å². The molecule has 0 aliphatic carbocycles. The molecule has 22 heavy (non-hydrogen) atoms. The van der Waals surface area contributed by atoms with Crippen molar-refractivity contribution in [3.05, 3.63) is 36.1 Å². The minimum atomic E-state index is -0.555. The zero-order valence-electron chi connectivity index (χ0n) is 13.2. The highest BCUT2D eigenvalue weighted by atomic mass is 16.3. The van der Waals surface area contributed by atoms with Crippen molar-refractivity contribution >= 4 is 22.8 Å². The lowest BCUT2D eigenvalue weighted by atomic mass is 10.0. The van der Waals surface area contributed by atoms with E-state index in [0.29, 0.717) is 24.5 Å². The van der Waals surface area contributed by atoms with Crippen LogP contribution in [-0.4, -0.2) is 24.4 Å². The predicted molar refractivity (Wildman–Crippen MR) is 85.6 cm³/mol. The minimum absolute atomic E-state index is 0.166. The molecule has 0 unspecified atom stereocenters. The molecule has 1 atom stereocenters. The largest absolute Gasteiger partial charge is 0.451 e. The molecule has 2 N–H and O–H groups in total. The summed E-state index contributed by atoms with van der Waals surface area (Å²) in [5.41, 5.74) is 0.658. The summed E-state index contributed by atoms with van der Waals surface area (Å²) >= 11 is 0. The Labute approximate surface area is 130 Å². The van der Waals surface area contributed by atoms with Crippen LogP contribution in [0, 0.1) is 5.92 Å². The van der Waals surface area contributed by atoms with Gasteiger partial charge in [-0.3, -0.25) is 9.59 Å². The van der Waals surface area contributed by atoms with Gasteiger partial charge >= 0.3 is 0 Å². The van der Waals surface area contributed by atoms with Crippen molar-refractivity contribution in [1.82, 2.24) is 10.6 Å². The fraction of sp³-hybridized carbons (Fsp3) is 0.412. The van der Waals surface area contributed by atoms with Crippen molar-refractivity contribution < 1.29 is 14.0 Å². The second-order valence-electron chi connectivity index (χ2n) is 5.70. The number of amides is 2. The molecule has 0 aliphatic heterocycles. The van der Waals surface area contributed by atoms with Crippen molar-refractivity contribution in [2.24, 2.45) is 5.92 Å². The van der Waals surface area contributed by atoms with Gasteiger partial charge in [0.25, 0.3) is 5.91 Å². The molecule has 5 nitrogen and oxygen atoms in total. The molecule has 0 spiro atoms. The third-order valence-electron chi connectivity index (χ3n) is 3.33. The van der Waals surface area contributed by atoms with Crippen molar-refractivity contribution in [3.63, 3.8) is 0 Å². The Hall–Kier alpha value is -2.30. The van der Waals surface area contributed by atoms with Gasteiger partial charge in [-0.15, -0.1) is 0 Å². The number of carbonyl (C=O) groups excluding carboxylic acids is 2. The lowest BCUT2D eigenvalue weighted by Crippen LogP contribution is -2.47. The zero-order valence-corrected chi connectivity index (χ0v) is 13.2. The van der Waals surface area contributed by atoms with Gasteiger partial charge in [-0.1, -0.05) is 32.0 Å². The quantitative estimate of drug-likeness (QED) is 0.862. The number of hydrogen-bond acceptors (Lipinski definition) is 3. The third kappa shape index (κ3) is 3.87. The van der Waals surface area contributed by atoms with Crippen LogP contribution >= 0.6 is 0 Å². The molecule has 0 bridgehead atoms. The molecule has 1 aromatic heterocycles. The smallest absolute Gasteiger partial charge is 0.287 e. The van der Waals surface area contributed by atoms with E-state index in [1.807, 2.05) is 45.0 Å². The first-order valence-corrected chi connectivity index (χ1v) is 7.58. The van der Waals surface area contributed by atoms with Gasteiger partial charge in [-0.05, 0) is 31.4 Å². The molecule has 1 heterocycles. The average molecular weight is 302 g/mol. The summed E-state index contributed by atoms with van der Waals surface area (Å²) in [5, 5.41) is 6.38. The molecule has 0 radical (unpaired) electrons. The first-order valence-electron chi connectivity index (χ1n) is 7.58. The van der Waals surface area contributed by atoms with Crippen LogP contribution < -0.4 is 10.6 Å². The number of para-hydroxylation sites is 1. The Balaban J connectivity index is 2.14. The van der Waals surface area contributed by atoms with Crippen molar-refractivity contribution in [3.8, 4) is 0 Å². The first kappa shape index (κ1) is 16.1. The average Bonchev–Trinajstić information content (AvgIpc) is 2.90. The van der Waals surface area contributed by atoms with Gasteiger partial charge in [0.1, 0.15) is 11.6 Å². The lowest BCUT2D eigenvalue weighted by molar-refractivity contribution is -0.123. The van der Waals surface area contributed by atoms with Gasteiger partial charge in [-0.2, -0.15) is 0 Å². The zero-order chi connectivity index (χ0) is 16.1. The Morgan fingerprint density at radius 3 is 2.59 bits per heavy atom. The molecule has 1 aromatic carbocycles. The topological polar surface area (TPSA) is 71.3 Å². The van der Waals surface area contributed by atoms with Crippen LogP contribution in [0.4, 0.5) is 0 Å². The summed E-state index contributed by atoms with van der Waals surface area (Å²) in [7, 11) is 0. The molecular formula is C17H22N2O3. The van der Waals surface area contributed by atoms with E-state index in [9.17, 15) is 9.59 Å². The van der Waals surface area contributed by atoms with E-state index in [4.69, 9.17) is 4.42 Å². The Morgan fingerprint density at radius 2 is 1.95 bits per heavy atom. The van der Waals surface area contributed by atoms with Gasteiger partial charge in [0.2, 0.25) is 5.91 Å². The highest BCUT2D eigenvalue weighted by Gasteiger charge is 2.23. The van der Waals surface area contributed by atoms with Gasteiger partial charge in [0.05, 0.1) is 0 Å². The number of furan rings is 1. The molecule has 0 saturated heterocycles. The molecule has 2 rings (SSSR count). The Morgan fingerprint density at radius 1 is 1.23 bits per heavy atom. The number of benzene rings is 1. The minimum Gasteiger partial charge on any atom is -0.451 e. The van der Waals surface area contributed by atoms with Crippen molar-refractivity contribution in [2.45, 2.75) is 33.2 Å². The van der Waals surface area contributed by atoms with Gasteiger partial charge in [0.15, 0.2) is 5.76 Å². The number of likely N-dealkylation sites (N-methyl/N-ethyl adjacent to an activating group) is 1. The number of rotatable bonds is 6. The van der Waals surface area contributed by atoms with Crippen LogP contribution in [0.3, 0.4) is 0 Å². The molecule has 0 fully saturated rings. The van der Waals surface area contributed by atoms with Crippen LogP contribution in [0.2, 0.25) is 0 Å². The van der Waals surface area contributed by atoms with E-state index in [2.05, 4.69) is 10.6 Å². The number of nitrogens with one attached hydrogen (secondary N) is 2. The maximum atomic E-state index is 12.3. The Bertz CT molecular complexity index is 628. The molecule has 2 amide bonds. The highest BCUT2D eigenvalue weighted by molar-refractivity contribution is 5.98. The number of fused-ring (bicyclic) bond motifs is 1. The maximum Gasteiger partial charge on any atom is 0.287 e. The molecule has 118 valence electrons. The van der Waals surface area contributed by atoms with Crippen LogP contribution in [0.1, 0.15) is 37.7 Å². The van der Waals surface area contributed by atoms with Crippen LogP contribution in [0.5, 0.6) is 0 Å². The molecular weight excluding hydrogens is 280 g/mol.